The number of hydrogen-bond acceptors (Lipinski definition) is 3. The lowest BCUT2D eigenvalue weighted by Crippen LogP contribution is -2.53. The number of amides is 4. The van der Waals surface area contributed by atoms with E-state index in [0.29, 0.717) is 32.7 Å². The molecule has 2 rings (SSSR count). The molecule has 1 aliphatic rings. The molecule has 142 valence electrons. The van der Waals surface area contributed by atoms with Gasteiger partial charge in [0.15, 0.2) is 0 Å². The van der Waals surface area contributed by atoms with Gasteiger partial charge in [-0.1, -0.05) is 29.8 Å². The molecule has 0 saturated carbocycles. The van der Waals surface area contributed by atoms with Crippen molar-refractivity contribution in [3.63, 3.8) is 0 Å². The monoisotopic (exact) mass is 360 g/mol. The number of carbonyl (C=O) groups is 3. The van der Waals surface area contributed by atoms with Gasteiger partial charge in [-0.05, 0) is 19.4 Å². The number of carbonyl (C=O) groups excluding carboxylic acids is 3. The maximum absolute atomic E-state index is 12.7. The van der Waals surface area contributed by atoms with E-state index in [0.717, 1.165) is 11.1 Å². The van der Waals surface area contributed by atoms with E-state index >= 15 is 0 Å². The fraction of sp³-hybridized carbons (Fsp3) is 0.526. The summed E-state index contributed by atoms with van der Waals surface area (Å²) in [4.78, 5) is 39.6. The summed E-state index contributed by atoms with van der Waals surface area (Å²) in [6.45, 7) is 7.98. The largest absolute Gasteiger partial charge is 0.349 e. The molecule has 1 atom stereocenters. The normalized spacial score (nSPS) is 15.3. The Labute approximate surface area is 154 Å². The summed E-state index contributed by atoms with van der Waals surface area (Å²) >= 11 is 0. The van der Waals surface area contributed by atoms with Crippen molar-refractivity contribution in [2.24, 2.45) is 0 Å². The fourth-order valence-electron chi connectivity index (χ4n) is 3.02. The zero-order chi connectivity index (χ0) is 19.1. The number of urea groups is 1. The lowest BCUT2D eigenvalue weighted by atomic mass is 10.0. The first-order chi connectivity index (χ1) is 12.4. The standard InChI is InChI=1S/C19H28N4O3/c1-4-20-19(26)23-11-9-22(10-12-23)18(25)13-17(21-15(3)24)16-7-5-14(2)6-8-16/h5-8,17H,4,9-13H2,1-3H3,(H,20,26)(H,21,24). The van der Waals surface area contributed by atoms with Crippen molar-refractivity contribution in [1.82, 2.24) is 20.4 Å². The molecule has 0 aliphatic carbocycles. The third-order valence-electron chi connectivity index (χ3n) is 4.48. The molecule has 0 radical (unpaired) electrons. The van der Waals surface area contributed by atoms with Crippen LogP contribution in [0.25, 0.3) is 0 Å². The van der Waals surface area contributed by atoms with Crippen LogP contribution in [0.15, 0.2) is 24.3 Å². The molecule has 2 N–H and O–H groups in total. The second-order valence-electron chi connectivity index (χ2n) is 6.57. The summed E-state index contributed by atoms with van der Waals surface area (Å²) in [7, 11) is 0. The average molecular weight is 360 g/mol. The zero-order valence-electron chi connectivity index (χ0n) is 15.7. The molecule has 1 fully saturated rings. The van der Waals surface area contributed by atoms with Crippen molar-refractivity contribution >= 4 is 17.8 Å². The Balaban J connectivity index is 1.96. The summed E-state index contributed by atoms with van der Waals surface area (Å²) in [5, 5.41) is 5.64. The van der Waals surface area contributed by atoms with Gasteiger partial charge in [-0.15, -0.1) is 0 Å². The van der Waals surface area contributed by atoms with E-state index in [1.807, 2.05) is 38.1 Å². The molecular weight excluding hydrogens is 332 g/mol. The fourth-order valence-corrected chi connectivity index (χ4v) is 3.02. The van der Waals surface area contributed by atoms with Gasteiger partial charge in [0.1, 0.15) is 0 Å². The molecule has 7 nitrogen and oxygen atoms in total. The van der Waals surface area contributed by atoms with E-state index in [1.54, 1.807) is 9.80 Å². The summed E-state index contributed by atoms with van der Waals surface area (Å²) < 4.78 is 0. The van der Waals surface area contributed by atoms with E-state index < -0.39 is 0 Å². The highest BCUT2D eigenvalue weighted by molar-refractivity contribution is 5.80. The molecule has 26 heavy (non-hydrogen) atoms. The molecule has 0 spiro atoms. The lowest BCUT2D eigenvalue weighted by Gasteiger charge is -2.35. The van der Waals surface area contributed by atoms with Gasteiger partial charge in [0.2, 0.25) is 11.8 Å². The van der Waals surface area contributed by atoms with Crippen LogP contribution in [0.1, 0.15) is 37.4 Å². The Hall–Kier alpha value is -2.57. The van der Waals surface area contributed by atoms with Crippen LogP contribution in [-0.2, 0) is 9.59 Å². The molecule has 0 aromatic heterocycles. The van der Waals surface area contributed by atoms with Crippen molar-refractivity contribution in [2.75, 3.05) is 32.7 Å². The number of nitrogens with zero attached hydrogens (tertiary/aromatic N) is 2. The predicted octanol–water partition coefficient (Wildman–Crippen LogP) is 1.44. The zero-order valence-corrected chi connectivity index (χ0v) is 15.7. The van der Waals surface area contributed by atoms with Crippen LogP contribution in [0.4, 0.5) is 4.79 Å². The number of nitrogens with one attached hydrogen (secondary N) is 2. The van der Waals surface area contributed by atoms with Crippen LogP contribution < -0.4 is 10.6 Å². The quantitative estimate of drug-likeness (QED) is 0.834. The molecule has 7 heteroatoms. The van der Waals surface area contributed by atoms with Gasteiger partial charge in [-0.2, -0.15) is 0 Å². The minimum atomic E-state index is -0.345. The molecule has 1 aromatic carbocycles. The molecule has 1 aliphatic heterocycles. The SMILES string of the molecule is CCNC(=O)N1CCN(C(=O)CC(NC(C)=O)c2ccc(C)cc2)CC1. The lowest BCUT2D eigenvalue weighted by molar-refractivity contribution is -0.133. The van der Waals surface area contributed by atoms with E-state index in [9.17, 15) is 14.4 Å². The maximum Gasteiger partial charge on any atom is 0.317 e. The Bertz CT molecular complexity index is 637. The van der Waals surface area contributed by atoms with Gasteiger partial charge < -0.3 is 20.4 Å². The summed E-state index contributed by atoms with van der Waals surface area (Å²) in [6.07, 6.45) is 0.212. The van der Waals surface area contributed by atoms with Crippen LogP contribution in [-0.4, -0.2) is 60.4 Å². The van der Waals surface area contributed by atoms with Gasteiger partial charge in [-0.25, -0.2) is 4.79 Å². The number of hydrogen-bond donors (Lipinski definition) is 2. The van der Waals surface area contributed by atoms with Crippen LogP contribution in [0.2, 0.25) is 0 Å². The summed E-state index contributed by atoms with van der Waals surface area (Å²) in [5.74, 6) is -0.177. The average Bonchev–Trinajstić information content (AvgIpc) is 2.61. The van der Waals surface area contributed by atoms with Gasteiger partial charge in [-0.3, -0.25) is 9.59 Å². The number of aryl methyl sites for hydroxylation is 1. The van der Waals surface area contributed by atoms with Crippen LogP contribution in [0.3, 0.4) is 0 Å². The van der Waals surface area contributed by atoms with Gasteiger partial charge in [0.05, 0.1) is 12.5 Å². The highest BCUT2D eigenvalue weighted by Gasteiger charge is 2.26. The Morgan fingerprint density at radius 3 is 2.15 bits per heavy atom. The van der Waals surface area contributed by atoms with E-state index in [2.05, 4.69) is 10.6 Å². The Morgan fingerprint density at radius 1 is 1.04 bits per heavy atom. The van der Waals surface area contributed by atoms with Gasteiger partial charge >= 0.3 is 6.03 Å². The van der Waals surface area contributed by atoms with Crippen molar-refractivity contribution in [3.05, 3.63) is 35.4 Å². The third-order valence-corrected chi connectivity index (χ3v) is 4.48. The second kappa shape index (κ2) is 9.22. The minimum absolute atomic E-state index is 0.0140. The summed E-state index contributed by atoms with van der Waals surface area (Å²) in [6, 6.07) is 7.39. The molecule has 0 bridgehead atoms. The van der Waals surface area contributed by atoms with Crippen molar-refractivity contribution < 1.29 is 14.4 Å². The smallest absolute Gasteiger partial charge is 0.317 e. The Kier molecular flexibility index (Phi) is 7.00. The highest BCUT2D eigenvalue weighted by atomic mass is 16.2. The van der Waals surface area contributed by atoms with E-state index in [4.69, 9.17) is 0 Å². The topological polar surface area (TPSA) is 81.8 Å². The maximum atomic E-state index is 12.7. The first-order valence-electron chi connectivity index (χ1n) is 9.05. The molecule has 1 heterocycles. The first-order valence-corrected chi connectivity index (χ1v) is 9.05. The first kappa shape index (κ1) is 19.8. The molecule has 1 aromatic rings. The Morgan fingerprint density at radius 2 is 1.62 bits per heavy atom. The molecule has 4 amide bonds. The third kappa shape index (κ3) is 5.47. The molecular formula is C19H28N4O3. The van der Waals surface area contributed by atoms with Gasteiger partial charge in [0, 0.05) is 39.6 Å². The highest BCUT2D eigenvalue weighted by Crippen LogP contribution is 2.19. The number of rotatable bonds is 5. The molecule has 1 unspecified atom stereocenters. The van der Waals surface area contributed by atoms with Crippen molar-refractivity contribution in [1.29, 1.82) is 0 Å². The van der Waals surface area contributed by atoms with Crippen molar-refractivity contribution in [3.8, 4) is 0 Å². The second-order valence-corrected chi connectivity index (χ2v) is 6.57. The predicted molar refractivity (Wildman–Crippen MR) is 99.6 cm³/mol. The van der Waals surface area contributed by atoms with Crippen LogP contribution in [0, 0.1) is 6.92 Å². The molecule has 1 saturated heterocycles. The number of benzene rings is 1. The van der Waals surface area contributed by atoms with E-state index in [-0.39, 0.29) is 30.3 Å². The summed E-state index contributed by atoms with van der Waals surface area (Å²) in [5.41, 5.74) is 2.04. The van der Waals surface area contributed by atoms with Crippen LogP contribution >= 0.6 is 0 Å². The van der Waals surface area contributed by atoms with Gasteiger partial charge in [0.25, 0.3) is 0 Å². The minimum Gasteiger partial charge on any atom is -0.349 e. The van der Waals surface area contributed by atoms with Crippen LogP contribution in [0.5, 0.6) is 0 Å². The number of piperazine rings is 1. The van der Waals surface area contributed by atoms with E-state index in [1.165, 1.54) is 6.92 Å². The van der Waals surface area contributed by atoms with Crippen molar-refractivity contribution in [2.45, 2.75) is 33.2 Å².